The summed E-state index contributed by atoms with van der Waals surface area (Å²) in [4.78, 5) is 13.1. The number of rotatable bonds is 2. The smallest absolute Gasteiger partial charge is 0.251 e. The van der Waals surface area contributed by atoms with Crippen molar-refractivity contribution in [2.24, 2.45) is 0 Å². The number of hydrogen-bond donors (Lipinski definition) is 2. The van der Waals surface area contributed by atoms with Gasteiger partial charge in [0.15, 0.2) is 0 Å². The molecular formula is C20H23ClN2O2S. The molecule has 1 spiro atoms. The number of fused-ring (bicyclic) bond motifs is 2. The van der Waals surface area contributed by atoms with E-state index in [4.69, 9.17) is 16.3 Å². The van der Waals surface area contributed by atoms with Crippen molar-refractivity contribution in [2.45, 2.75) is 43.9 Å². The van der Waals surface area contributed by atoms with Gasteiger partial charge in [-0.05, 0) is 49.1 Å². The second-order valence-corrected chi connectivity index (χ2v) is 8.91. The molecule has 2 aromatic rings. The summed E-state index contributed by atoms with van der Waals surface area (Å²) in [7, 11) is 1.65. The first-order valence-electron chi connectivity index (χ1n) is 9.01. The van der Waals surface area contributed by atoms with Crippen LogP contribution in [0.1, 0.15) is 52.2 Å². The van der Waals surface area contributed by atoms with Crippen molar-refractivity contribution in [1.29, 1.82) is 0 Å². The highest BCUT2D eigenvalue weighted by atomic mass is 35.5. The van der Waals surface area contributed by atoms with Gasteiger partial charge in [-0.15, -0.1) is 11.3 Å². The molecule has 0 aliphatic carbocycles. The summed E-state index contributed by atoms with van der Waals surface area (Å²) in [5.74, 6) is -0.0634. The number of halogens is 1. The molecule has 1 aromatic heterocycles. The van der Waals surface area contributed by atoms with Crippen LogP contribution in [0.15, 0.2) is 30.3 Å². The maximum absolute atomic E-state index is 11.8. The Labute approximate surface area is 162 Å². The Balaban J connectivity index is 1.64. The van der Waals surface area contributed by atoms with Gasteiger partial charge in [0.2, 0.25) is 0 Å². The fraction of sp³-hybridized carbons (Fsp3) is 0.450. The molecule has 1 saturated heterocycles. The molecule has 6 heteroatoms. The van der Waals surface area contributed by atoms with Crippen LogP contribution in [-0.4, -0.2) is 25.6 Å². The predicted molar refractivity (Wildman–Crippen MR) is 105 cm³/mol. The number of amides is 1. The monoisotopic (exact) mass is 390 g/mol. The quantitative estimate of drug-likeness (QED) is 0.813. The van der Waals surface area contributed by atoms with Crippen molar-refractivity contribution in [3.8, 4) is 0 Å². The summed E-state index contributed by atoms with van der Waals surface area (Å²) in [5.41, 5.74) is 2.94. The van der Waals surface area contributed by atoms with E-state index in [2.05, 4.69) is 23.6 Å². The Hall–Kier alpha value is -1.40. The Kier molecular flexibility index (Phi) is 4.82. The van der Waals surface area contributed by atoms with Gasteiger partial charge in [-0.2, -0.15) is 0 Å². The van der Waals surface area contributed by atoms with Gasteiger partial charge in [-0.25, -0.2) is 0 Å². The first-order chi connectivity index (χ1) is 12.5. The molecule has 3 atom stereocenters. The van der Waals surface area contributed by atoms with Crippen LogP contribution in [0.25, 0.3) is 0 Å². The number of thiophene rings is 1. The van der Waals surface area contributed by atoms with Gasteiger partial charge >= 0.3 is 0 Å². The lowest BCUT2D eigenvalue weighted by atomic mass is 9.78. The van der Waals surface area contributed by atoms with Gasteiger partial charge in [0.05, 0.1) is 10.9 Å². The largest absolute Gasteiger partial charge is 0.369 e. The standard InChI is InChI=1S/C20H23ClN2O2S/c1-12-10-20(18-15(7-8-25-20)9-17(21)26-18)11-16(23-12)13-3-5-14(6-4-13)19(24)22-2/h3-6,9,12,16,23H,7-8,10-11H2,1-2H3,(H,22,24)/t12-,16-,20-/m0/s1. The lowest BCUT2D eigenvalue weighted by Gasteiger charge is -2.46. The van der Waals surface area contributed by atoms with Crippen molar-refractivity contribution >= 4 is 28.8 Å². The van der Waals surface area contributed by atoms with Crippen LogP contribution in [0.4, 0.5) is 0 Å². The first-order valence-corrected chi connectivity index (χ1v) is 10.2. The third-order valence-corrected chi connectivity index (χ3v) is 6.89. The lowest BCUT2D eigenvalue weighted by molar-refractivity contribution is -0.0954. The number of carbonyl (C=O) groups is 1. The fourth-order valence-corrected chi connectivity index (χ4v) is 5.75. The molecule has 0 saturated carbocycles. The van der Waals surface area contributed by atoms with Crippen molar-refractivity contribution in [1.82, 2.24) is 10.6 Å². The molecular weight excluding hydrogens is 368 g/mol. The summed E-state index contributed by atoms with van der Waals surface area (Å²) in [5, 5.41) is 6.36. The maximum atomic E-state index is 11.8. The number of ether oxygens (including phenoxy) is 1. The Morgan fingerprint density at radius 2 is 2.12 bits per heavy atom. The normalized spacial score (nSPS) is 28.0. The first kappa shape index (κ1) is 18.0. The van der Waals surface area contributed by atoms with E-state index in [0.29, 0.717) is 11.6 Å². The Morgan fingerprint density at radius 1 is 1.35 bits per heavy atom. The number of hydrogen-bond acceptors (Lipinski definition) is 4. The third-order valence-electron chi connectivity index (χ3n) is 5.40. The van der Waals surface area contributed by atoms with Gasteiger partial charge in [-0.1, -0.05) is 23.7 Å². The average molecular weight is 391 g/mol. The molecule has 2 N–H and O–H groups in total. The van der Waals surface area contributed by atoms with Crippen LogP contribution in [0.2, 0.25) is 4.34 Å². The van der Waals surface area contributed by atoms with Crippen molar-refractivity contribution < 1.29 is 9.53 Å². The summed E-state index contributed by atoms with van der Waals surface area (Å²) < 4.78 is 7.24. The van der Waals surface area contributed by atoms with Crippen LogP contribution >= 0.6 is 22.9 Å². The van der Waals surface area contributed by atoms with Crippen LogP contribution in [-0.2, 0) is 16.8 Å². The van der Waals surface area contributed by atoms with Gasteiger partial charge in [0.1, 0.15) is 5.60 Å². The summed E-state index contributed by atoms with van der Waals surface area (Å²) in [6, 6.07) is 10.5. The van der Waals surface area contributed by atoms with Crippen LogP contribution in [0.3, 0.4) is 0 Å². The van der Waals surface area contributed by atoms with Crippen LogP contribution < -0.4 is 10.6 Å². The average Bonchev–Trinajstić information content (AvgIpc) is 3.03. The summed E-state index contributed by atoms with van der Waals surface area (Å²) >= 11 is 7.98. The van der Waals surface area contributed by atoms with Crippen LogP contribution in [0, 0.1) is 0 Å². The van der Waals surface area contributed by atoms with E-state index in [1.165, 1.54) is 16.0 Å². The van der Waals surface area contributed by atoms with E-state index >= 15 is 0 Å². The molecule has 1 amide bonds. The van der Waals surface area contributed by atoms with E-state index < -0.39 is 0 Å². The topological polar surface area (TPSA) is 50.4 Å². The zero-order chi connectivity index (χ0) is 18.3. The van der Waals surface area contributed by atoms with Crippen molar-refractivity contribution in [3.05, 3.63) is 56.2 Å². The van der Waals surface area contributed by atoms with Gasteiger partial charge < -0.3 is 15.4 Å². The minimum Gasteiger partial charge on any atom is -0.369 e. The third kappa shape index (κ3) is 3.18. The van der Waals surface area contributed by atoms with Gasteiger partial charge in [0.25, 0.3) is 5.91 Å². The lowest BCUT2D eigenvalue weighted by Crippen LogP contribution is -2.49. The Morgan fingerprint density at radius 3 is 2.85 bits per heavy atom. The van der Waals surface area contributed by atoms with E-state index in [-0.39, 0.29) is 17.6 Å². The van der Waals surface area contributed by atoms with Crippen molar-refractivity contribution in [3.63, 3.8) is 0 Å². The van der Waals surface area contributed by atoms with E-state index in [0.717, 1.165) is 30.2 Å². The molecule has 0 radical (unpaired) electrons. The molecule has 4 rings (SSSR count). The molecule has 1 fully saturated rings. The molecule has 2 aliphatic rings. The minimum absolute atomic E-state index is 0.0634. The SMILES string of the molecule is CNC(=O)c1ccc([C@@H]2C[C@]3(C[C@H](C)N2)OCCc2cc(Cl)sc23)cc1. The highest BCUT2D eigenvalue weighted by Gasteiger charge is 2.46. The van der Waals surface area contributed by atoms with E-state index in [9.17, 15) is 4.79 Å². The molecule has 4 nitrogen and oxygen atoms in total. The summed E-state index contributed by atoms with van der Waals surface area (Å²) in [6.45, 7) is 2.95. The zero-order valence-corrected chi connectivity index (χ0v) is 16.5. The summed E-state index contributed by atoms with van der Waals surface area (Å²) in [6.07, 6.45) is 2.76. The molecule has 0 bridgehead atoms. The second-order valence-electron chi connectivity index (χ2n) is 7.23. The highest BCUT2D eigenvalue weighted by molar-refractivity contribution is 7.16. The molecule has 138 valence electrons. The number of piperidine rings is 1. The zero-order valence-electron chi connectivity index (χ0n) is 15.0. The predicted octanol–water partition coefficient (Wildman–Crippen LogP) is 4.04. The maximum Gasteiger partial charge on any atom is 0.251 e. The second kappa shape index (κ2) is 6.97. The molecule has 3 heterocycles. The molecule has 0 unspecified atom stereocenters. The molecule has 26 heavy (non-hydrogen) atoms. The number of benzene rings is 1. The minimum atomic E-state index is -0.264. The number of carbonyl (C=O) groups excluding carboxylic acids is 1. The van der Waals surface area contributed by atoms with E-state index in [1.54, 1.807) is 18.4 Å². The molecule has 2 aliphatic heterocycles. The molecule has 1 aromatic carbocycles. The van der Waals surface area contributed by atoms with Gasteiger partial charge in [0, 0.05) is 36.0 Å². The van der Waals surface area contributed by atoms with Crippen molar-refractivity contribution in [2.75, 3.05) is 13.7 Å². The van der Waals surface area contributed by atoms with Gasteiger partial charge in [-0.3, -0.25) is 4.79 Å². The van der Waals surface area contributed by atoms with E-state index in [1.807, 2.05) is 24.3 Å². The number of nitrogens with one attached hydrogen (secondary N) is 2. The Bertz CT molecular complexity index is 820. The highest BCUT2D eigenvalue weighted by Crippen LogP contribution is 2.49. The fourth-order valence-electron chi connectivity index (χ4n) is 4.29. The van der Waals surface area contributed by atoms with Crippen LogP contribution in [0.5, 0.6) is 0 Å².